The summed E-state index contributed by atoms with van der Waals surface area (Å²) in [6.45, 7) is 6.45. The molecule has 0 aromatic heterocycles. The summed E-state index contributed by atoms with van der Waals surface area (Å²) in [5.74, 6) is -0.203. The standard InChI is InChI=1S/C22H20ClNO2/c1-22(2,3)17-11-9-16(10-12-17)20-24-19(21(25)26-20)14-18(23)13-15-7-5-4-6-8-15/h4-14H,1-3H3. The van der Waals surface area contributed by atoms with E-state index in [1.54, 1.807) is 6.08 Å². The highest BCUT2D eigenvalue weighted by Crippen LogP contribution is 2.24. The van der Waals surface area contributed by atoms with Crippen LogP contribution < -0.4 is 0 Å². The summed E-state index contributed by atoms with van der Waals surface area (Å²) in [6.07, 6.45) is 3.29. The number of rotatable bonds is 3. The minimum Gasteiger partial charge on any atom is -0.402 e. The van der Waals surface area contributed by atoms with Crippen molar-refractivity contribution in [2.75, 3.05) is 0 Å². The molecule has 0 radical (unpaired) electrons. The number of esters is 1. The number of aliphatic imine (C=N–C) groups is 1. The Bertz CT molecular complexity index is 901. The molecule has 1 aliphatic rings. The maximum absolute atomic E-state index is 12.1. The molecule has 3 rings (SSSR count). The fraction of sp³-hybridized carbons (Fsp3) is 0.182. The predicted octanol–water partition coefficient (Wildman–Crippen LogP) is 5.45. The predicted molar refractivity (Wildman–Crippen MR) is 106 cm³/mol. The molecule has 0 atom stereocenters. The number of nitrogens with zero attached hydrogens (tertiary/aromatic N) is 1. The summed E-state index contributed by atoms with van der Waals surface area (Å²) in [4.78, 5) is 16.4. The van der Waals surface area contributed by atoms with Crippen LogP contribution in [-0.4, -0.2) is 11.9 Å². The fourth-order valence-electron chi connectivity index (χ4n) is 2.53. The second-order valence-electron chi connectivity index (χ2n) is 7.10. The highest BCUT2D eigenvalue weighted by atomic mass is 35.5. The van der Waals surface area contributed by atoms with Gasteiger partial charge in [0.1, 0.15) is 0 Å². The average Bonchev–Trinajstić information content (AvgIpc) is 2.96. The normalized spacial score (nSPS) is 16.6. The van der Waals surface area contributed by atoms with Gasteiger partial charge in [-0.3, -0.25) is 0 Å². The monoisotopic (exact) mass is 365 g/mol. The van der Waals surface area contributed by atoms with Gasteiger partial charge in [-0.1, -0.05) is 74.8 Å². The van der Waals surface area contributed by atoms with E-state index in [1.807, 2.05) is 54.6 Å². The molecule has 0 bridgehead atoms. The molecule has 3 nitrogen and oxygen atoms in total. The maximum Gasteiger partial charge on any atom is 0.363 e. The van der Waals surface area contributed by atoms with Crippen LogP contribution in [-0.2, 0) is 14.9 Å². The van der Waals surface area contributed by atoms with Crippen molar-refractivity contribution in [1.82, 2.24) is 0 Å². The van der Waals surface area contributed by atoms with E-state index in [0.717, 1.165) is 11.1 Å². The summed E-state index contributed by atoms with van der Waals surface area (Å²) in [5.41, 5.74) is 3.17. The van der Waals surface area contributed by atoms with Crippen LogP contribution in [0.5, 0.6) is 0 Å². The molecule has 0 saturated carbocycles. The Balaban J connectivity index is 1.84. The third-order valence-corrected chi connectivity index (χ3v) is 4.22. The first-order valence-electron chi connectivity index (χ1n) is 8.39. The zero-order chi connectivity index (χ0) is 18.7. The first-order valence-corrected chi connectivity index (χ1v) is 8.76. The second-order valence-corrected chi connectivity index (χ2v) is 7.54. The molecule has 0 aliphatic carbocycles. The molecule has 0 amide bonds. The number of carbonyl (C=O) groups excluding carboxylic acids is 1. The number of ether oxygens (including phenoxy) is 1. The van der Waals surface area contributed by atoms with Crippen molar-refractivity contribution in [1.29, 1.82) is 0 Å². The molecule has 0 N–H and O–H groups in total. The van der Waals surface area contributed by atoms with E-state index in [0.29, 0.717) is 10.9 Å². The summed E-state index contributed by atoms with van der Waals surface area (Å²) in [5, 5.41) is 0.413. The number of carbonyl (C=O) groups is 1. The van der Waals surface area contributed by atoms with Crippen LogP contribution in [0.15, 0.2) is 76.4 Å². The van der Waals surface area contributed by atoms with Crippen LogP contribution >= 0.6 is 11.6 Å². The number of allylic oxidation sites excluding steroid dienone is 2. The van der Waals surface area contributed by atoms with E-state index >= 15 is 0 Å². The minimum absolute atomic E-state index is 0.0630. The van der Waals surface area contributed by atoms with Gasteiger partial charge in [0.15, 0.2) is 5.70 Å². The van der Waals surface area contributed by atoms with Gasteiger partial charge in [-0.05, 0) is 40.8 Å². The van der Waals surface area contributed by atoms with Gasteiger partial charge in [-0.2, -0.15) is 0 Å². The zero-order valence-corrected chi connectivity index (χ0v) is 15.7. The fourth-order valence-corrected chi connectivity index (χ4v) is 2.76. The molecule has 2 aromatic carbocycles. The van der Waals surface area contributed by atoms with Crippen LogP contribution in [0, 0.1) is 0 Å². The molecule has 0 saturated heterocycles. The van der Waals surface area contributed by atoms with Crippen molar-refractivity contribution in [2.45, 2.75) is 26.2 Å². The largest absolute Gasteiger partial charge is 0.402 e. The Morgan fingerprint density at radius 1 is 1.04 bits per heavy atom. The molecular weight excluding hydrogens is 346 g/mol. The van der Waals surface area contributed by atoms with E-state index in [9.17, 15) is 4.79 Å². The number of halogens is 1. The van der Waals surface area contributed by atoms with Crippen LogP contribution in [0.1, 0.15) is 37.5 Å². The van der Waals surface area contributed by atoms with Crippen molar-refractivity contribution < 1.29 is 9.53 Å². The number of cyclic esters (lactones) is 1. The van der Waals surface area contributed by atoms with Crippen LogP contribution in [0.4, 0.5) is 0 Å². The van der Waals surface area contributed by atoms with E-state index in [1.165, 1.54) is 11.6 Å². The molecular formula is C22H20ClNO2. The lowest BCUT2D eigenvalue weighted by Crippen LogP contribution is -2.11. The lowest BCUT2D eigenvalue weighted by Gasteiger charge is -2.18. The van der Waals surface area contributed by atoms with Crippen molar-refractivity contribution >= 4 is 29.5 Å². The molecule has 2 aromatic rings. The number of hydrogen-bond donors (Lipinski definition) is 0. The average molecular weight is 366 g/mol. The third kappa shape index (κ3) is 4.30. The second kappa shape index (κ2) is 7.30. The Labute approximate surface area is 158 Å². The van der Waals surface area contributed by atoms with E-state index < -0.39 is 5.97 Å². The molecule has 4 heteroatoms. The lowest BCUT2D eigenvalue weighted by atomic mass is 9.87. The highest BCUT2D eigenvalue weighted by Gasteiger charge is 2.24. The molecule has 26 heavy (non-hydrogen) atoms. The Kier molecular flexibility index (Phi) is 5.10. The molecule has 0 spiro atoms. The van der Waals surface area contributed by atoms with Gasteiger partial charge in [0.2, 0.25) is 5.90 Å². The van der Waals surface area contributed by atoms with Crippen LogP contribution in [0.2, 0.25) is 0 Å². The highest BCUT2D eigenvalue weighted by molar-refractivity contribution is 6.33. The topological polar surface area (TPSA) is 38.7 Å². The first-order chi connectivity index (χ1) is 12.3. The first kappa shape index (κ1) is 18.2. The van der Waals surface area contributed by atoms with E-state index in [4.69, 9.17) is 16.3 Å². The van der Waals surface area contributed by atoms with Gasteiger partial charge < -0.3 is 4.74 Å². The SMILES string of the molecule is CC(C)(C)c1ccc(C2=NC(=CC(Cl)=Cc3ccccc3)C(=O)O2)cc1. The van der Waals surface area contributed by atoms with Crippen molar-refractivity contribution in [2.24, 2.45) is 4.99 Å². The van der Waals surface area contributed by atoms with Crippen LogP contribution in [0.25, 0.3) is 6.08 Å². The Hall–Kier alpha value is -2.65. The van der Waals surface area contributed by atoms with E-state index in [-0.39, 0.29) is 11.1 Å². The molecule has 0 unspecified atom stereocenters. The maximum atomic E-state index is 12.1. The third-order valence-electron chi connectivity index (χ3n) is 4.00. The van der Waals surface area contributed by atoms with Gasteiger partial charge in [0, 0.05) is 10.6 Å². The smallest absolute Gasteiger partial charge is 0.363 e. The van der Waals surface area contributed by atoms with Gasteiger partial charge >= 0.3 is 5.97 Å². The molecule has 1 heterocycles. The van der Waals surface area contributed by atoms with Crippen molar-refractivity contribution in [3.05, 3.63) is 88.1 Å². The minimum atomic E-state index is -0.500. The van der Waals surface area contributed by atoms with Crippen molar-refractivity contribution in [3.63, 3.8) is 0 Å². The summed E-state index contributed by atoms with van der Waals surface area (Å²) in [7, 11) is 0. The summed E-state index contributed by atoms with van der Waals surface area (Å²) >= 11 is 6.23. The summed E-state index contributed by atoms with van der Waals surface area (Å²) < 4.78 is 5.29. The number of hydrogen-bond acceptors (Lipinski definition) is 3. The number of benzene rings is 2. The van der Waals surface area contributed by atoms with E-state index in [2.05, 4.69) is 25.8 Å². The van der Waals surface area contributed by atoms with Gasteiger partial charge in [0.05, 0.1) is 0 Å². The van der Waals surface area contributed by atoms with Gasteiger partial charge in [0.25, 0.3) is 0 Å². The molecule has 132 valence electrons. The quantitative estimate of drug-likeness (QED) is 0.535. The summed E-state index contributed by atoms with van der Waals surface area (Å²) in [6, 6.07) is 17.5. The lowest BCUT2D eigenvalue weighted by molar-refractivity contribution is -0.130. The molecule has 1 aliphatic heterocycles. The van der Waals surface area contributed by atoms with Gasteiger partial charge in [-0.15, -0.1) is 0 Å². The Morgan fingerprint density at radius 3 is 2.31 bits per heavy atom. The van der Waals surface area contributed by atoms with Crippen LogP contribution in [0.3, 0.4) is 0 Å². The van der Waals surface area contributed by atoms with Crippen molar-refractivity contribution in [3.8, 4) is 0 Å². The molecule has 0 fully saturated rings. The van der Waals surface area contributed by atoms with Gasteiger partial charge in [-0.25, -0.2) is 9.79 Å². The zero-order valence-electron chi connectivity index (χ0n) is 15.0. The Morgan fingerprint density at radius 2 is 1.69 bits per heavy atom.